The highest BCUT2D eigenvalue weighted by Crippen LogP contribution is 2.27. The van der Waals surface area contributed by atoms with Crippen molar-refractivity contribution in [3.63, 3.8) is 0 Å². The SMILES string of the molecule is CNC(=O)C1CCCN(c2ncccc2S(C)(=O)=O)C1. The van der Waals surface area contributed by atoms with Crippen molar-refractivity contribution in [3.05, 3.63) is 18.3 Å². The van der Waals surface area contributed by atoms with E-state index in [2.05, 4.69) is 10.3 Å². The number of pyridine rings is 1. The molecule has 0 spiro atoms. The largest absolute Gasteiger partial charge is 0.359 e. The second kappa shape index (κ2) is 5.78. The van der Waals surface area contributed by atoms with Gasteiger partial charge in [0.05, 0.1) is 5.92 Å². The van der Waals surface area contributed by atoms with E-state index < -0.39 is 9.84 Å². The molecule has 1 aromatic heterocycles. The van der Waals surface area contributed by atoms with E-state index in [1.54, 1.807) is 25.4 Å². The van der Waals surface area contributed by atoms with Crippen molar-refractivity contribution in [2.24, 2.45) is 5.92 Å². The van der Waals surface area contributed by atoms with Crippen LogP contribution in [0.1, 0.15) is 12.8 Å². The third kappa shape index (κ3) is 3.09. The second-order valence-corrected chi connectivity index (χ2v) is 6.98. The zero-order valence-corrected chi connectivity index (χ0v) is 12.5. The number of carbonyl (C=O) groups is 1. The lowest BCUT2D eigenvalue weighted by molar-refractivity contribution is -0.124. The van der Waals surface area contributed by atoms with Gasteiger partial charge < -0.3 is 10.2 Å². The summed E-state index contributed by atoms with van der Waals surface area (Å²) in [4.78, 5) is 18.1. The van der Waals surface area contributed by atoms with Crippen molar-refractivity contribution in [1.29, 1.82) is 0 Å². The number of amides is 1. The molecular weight excluding hydrogens is 278 g/mol. The Morgan fingerprint density at radius 3 is 2.90 bits per heavy atom. The fourth-order valence-electron chi connectivity index (χ4n) is 2.50. The fourth-order valence-corrected chi connectivity index (χ4v) is 3.34. The highest BCUT2D eigenvalue weighted by atomic mass is 32.2. The topological polar surface area (TPSA) is 79.4 Å². The van der Waals surface area contributed by atoms with Gasteiger partial charge in [0.15, 0.2) is 9.84 Å². The van der Waals surface area contributed by atoms with Gasteiger partial charge in [-0.2, -0.15) is 0 Å². The van der Waals surface area contributed by atoms with Gasteiger partial charge in [-0.05, 0) is 25.0 Å². The van der Waals surface area contributed by atoms with Crippen molar-refractivity contribution >= 4 is 21.6 Å². The molecule has 1 aromatic rings. The molecule has 0 saturated carbocycles. The Morgan fingerprint density at radius 1 is 1.50 bits per heavy atom. The minimum Gasteiger partial charge on any atom is -0.359 e. The number of anilines is 1. The zero-order valence-electron chi connectivity index (χ0n) is 11.7. The molecule has 1 amide bonds. The minimum absolute atomic E-state index is 0.00784. The van der Waals surface area contributed by atoms with Crippen molar-refractivity contribution in [2.75, 3.05) is 31.3 Å². The lowest BCUT2D eigenvalue weighted by atomic mass is 9.97. The number of hydrogen-bond donors (Lipinski definition) is 1. The Hall–Kier alpha value is -1.63. The highest BCUT2D eigenvalue weighted by molar-refractivity contribution is 7.90. The van der Waals surface area contributed by atoms with Gasteiger partial charge in [0.1, 0.15) is 10.7 Å². The first-order chi connectivity index (χ1) is 9.43. The molecule has 1 atom stereocenters. The molecule has 20 heavy (non-hydrogen) atoms. The van der Waals surface area contributed by atoms with Crippen LogP contribution in [-0.2, 0) is 14.6 Å². The van der Waals surface area contributed by atoms with E-state index in [1.165, 1.54) is 6.26 Å². The number of nitrogens with zero attached hydrogens (tertiary/aromatic N) is 2. The normalized spacial score (nSPS) is 19.7. The third-order valence-electron chi connectivity index (χ3n) is 3.49. The van der Waals surface area contributed by atoms with Gasteiger partial charge in [-0.1, -0.05) is 0 Å². The van der Waals surface area contributed by atoms with E-state index in [-0.39, 0.29) is 16.7 Å². The van der Waals surface area contributed by atoms with Crippen LogP contribution in [0.25, 0.3) is 0 Å². The summed E-state index contributed by atoms with van der Waals surface area (Å²) >= 11 is 0. The smallest absolute Gasteiger partial charge is 0.224 e. The number of sulfone groups is 1. The Kier molecular flexibility index (Phi) is 4.27. The maximum Gasteiger partial charge on any atom is 0.224 e. The lowest BCUT2D eigenvalue weighted by Crippen LogP contribution is -2.42. The van der Waals surface area contributed by atoms with Crippen molar-refractivity contribution in [2.45, 2.75) is 17.7 Å². The first kappa shape index (κ1) is 14.8. The first-order valence-corrected chi connectivity index (χ1v) is 8.44. The van der Waals surface area contributed by atoms with Crippen LogP contribution in [0.15, 0.2) is 23.2 Å². The lowest BCUT2D eigenvalue weighted by Gasteiger charge is -2.33. The Bertz CT molecular complexity index is 601. The van der Waals surface area contributed by atoms with Gasteiger partial charge in [0, 0.05) is 32.6 Å². The van der Waals surface area contributed by atoms with E-state index in [0.29, 0.717) is 18.9 Å². The quantitative estimate of drug-likeness (QED) is 0.876. The van der Waals surface area contributed by atoms with Crippen LogP contribution in [0.5, 0.6) is 0 Å². The molecule has 2 heterocycles. The summed E-state index contributed by atoms with van der Waals surface area (Å²) in [5, 5.41) is 2.65. The molecule has 1 aliphatic rings. The number of rotatable bonds is 3. The summed E-state index contributed by atoms with van der Waals surface area (Å²) in [7, 11) is -1.72. The van der Waals surface area contributed by atoms with Crippen LogP contribution in [0.3, 0.4) is 0 Å². The van der Waals surface area contributed by atoms with Crippen LogP contribution in [0, 0.1) is 5.92 Å². The van der Waals surface area contributed by atoms with Gasteiger partial charge >= 0.3 is 0 Å². The second-order valence-electron chi connectivity index (χ2n) is 5.00. The van der Waals surface area contributed by atoms with Gasteiger partial charge in [0.2, 0.25) is 5.91 Å². The predicted octanol–water partition coefficient (Wildman–Crippen LogP) is 0.447. The monoisotopic (exact) mass is 297 g/mol. The molecule has 1 aliphatic heterocycles. The number of nitrogens with one attached hydrogen (secondary N) is 1. The fraction of sp³-hybridized carbons (Fsp3) is 0.538. The number of carbonyl (C=O) groups excluding carboxylic acids is 1. The predicted molar refractivity (Wildman–Crippen MR) is 76.4 cm³/mol. The third-order valence-corrected chi connectivity index (χ3v) is 4.61. The zero-order chi connectivity index (χ0) is 14.8. The molecule has 1 unspecified atom stereocenters. The molecule has 1 saturated heterocycles. The van der Waals surface area contributed by atoms with E-state index in [0.717, 1.165) is 12.8 Å². The molecule has 0 aliphatic carbocycles. The molecule has 1 fully saturated rings. The van der Waals surface area contributed by atoms with Crippen LogP contribution < -0.4 is 10.2 Å². The van der Waals surface area contributed by atoms with Crippen LogP contribution in [0.4, 0.5) is 5.82 Å². The minimum atomic E-state index is -3.33. The molecule has 110 valence electrons. The Labute approximate surface area is 119 Å². The molecule has 2 rings (SSSR count). The summed E-state index contributed by atoms with van der Waals surface area (Å²) in [6, 6.07) is 3.17. The summed E-state index contributed by atoms with van der Waals surface area (Å²) in [5.74, 6) is 0.318. The van der Waals surface area contributed by atoms with E-state index in [9.17, 15) is 13.2 Å². The van der Waals surface area contributed by atoms with Gasteiger partial charge in [-0.3, -0.25) is 4.79 Å². The average molecular weight is 297 g/mol. The molecular formula is C13H19N3O3S. The number of piperidine rings is 1. The number of hydrogen-bond acceptors (Lipinski definition) is 5. The van der Waals surface area contributed by atoms with Crippen molar-refractivity contribution in [1.82, 2.24) is 10.3 Å². The average Bonchev–Trinajstić information content (AvgIpc) is 2.45. The van der Waals surface area contributed by atoms with Crippen LogP contribution in [0.2, 0.25) is 0 Å². The van der Waals surface area contributed by atoms with Crippen LogP contribution >= 0.6 is 0 Å². The maximum absolute atomic E-state index is 11.8. The Balaban J connectivity index is 2.30. The molecule has 0 bridgehead atoms. The van der Waals surface area contributed by atoms with E-state index >= 15 is 0 Å². The molecule has 6 nitrogen and oxygen atoms in total. The molecule has 7 heteroatoms. The summed E-state index contributed by atoms with van der Waals surface area (Å²) in [6.07, 6.45) is 4.41. The van der Waals surface area contributed by atoms with E-state index in [1.807, 2.05) is 4.90 Å². The summed E-state index contributed by atoms with van der Waals surface area (Å²) in [5.41, 5.74) is 0. The highest BCUT2D eigenvalue weighted by Gasteiger charge is 2.28. The Morgan fingerprint density at radius 2 is 2.25 bits per heavy atom. The van der Waals surface area contributed by atoms with E-state index in [4.69, 9.17) is 0 Å². The maximum atomic E-state index is 11.8. The van der Waals surface area contributed by atoms with Gasteiger partial charge in [-0.25, -0.2) is 13.4 Å². The molecule has 0 aromatic carbocycles. The molecule has 1 N–H and O–H groups in total. The van der Waals surface area contributed by atoms with Crippen molar-refractivity contribution in [3.8, 4) is 0 Å². The molecule has 0 radical (unpaired) electrons. The van der Waals surface area contributed by atoms with Crippen molar-refractivity contribution < 1.29 is 13.2 Å². The standard InChI is InChI=1S/C13H19N3O3S/c1-14-13(17)10-5-4-8-16(9-10)12-11(20(2,18)19)6-3-7-15-12/h3,6-7,10H,4-5,8-9H2,1-2H3,(H,14,17). The summed E-state index contributed by atoms with van der Waals surface area (Å²) < 4.78 is 23.6. The van der Waals surface area contributed by atoms with Crippen LogP contribution in [-0.4, -0.2) is 45.7 Å². The number of aromatic nitrogens is 1. The van der Waals surface area contributed by atoms with Gasteiger partial charge in [-0.15, -0.1) is 0 Å². The summed E-state index contributed by atoms with van der Waals surface area (Å²) in [6.45, 7) is 1.21. The first-order valence-electron chi connectivity index (χ1n) is 6.55. The van der Waals surface area contributed by atoms with Gasteiger partial charge in [0.25, 0.3) is 0 Å².